The maximum absolute atomic E-state index is 12.9. The Bertz CT molecular complexity index is 121. The standard InChI is InChI=1S/C7H12FN/c1-4-5-7(3,8)6(2)9/h1,6H,5,9H2,2-3H3. The minimum atomic E-state index is -1.41. The van der Waals surface area contributed by atoms with Gasteiger partial charge in [-0.25, -0.2) is 4.39 Å². The molecule has 0 spiro atoms. The fraction of sp³-hybridized carbons (Fsp3) is 0.714. The fourth-order valence-corrected chi connectivity index (χ4v) is 0.361. The van der Waals surface area contributed by atoms with Crippen LogP contribution in [0.3, 0.4) is 0 Å². The van der Waals surface area contributed by atoms with Crippen LogP contribution in [0.2, 0.25) is 0 Å². The van der Waals surface area contributed by atoms with E-state index in [4.69, 9.17) is 12.2 Å². The average Bonchev–Trinajstić information content (AvgIpc) is 1.65. The van der Waals surface area contributed by atoms with E-state index in [1.54, 1.807) is 6.92 Å². The molecule has 9 heavy (non-hydrogen) atoms. The summed E-state index contributed by atoms with van der Waals surface area (Å²) in [7, 11) is 0. The number of alkyl halides is 1. The molecule has 52 valence electrons. The Morgan fingerprint density at radius 1 is 1.89 bits per heavy atom. The van der Waals surface area contributed by atoms with Crippen molar-refractivity contribution in [2.75, 3.05) is 0 Å². The van der Waals surface area contributed by atoms with E-state index in [-0.39, 0.29) is 6.42 Å². The minimum Gasteiger partial charge on any atom is -0.325 e. The number of hydrogen-bond acceptors (Lipinski definition) is 1. The molecular formula is C7H12FN. The summed E-state index contributed by atoms with van der Waals surface area (Å²) in [5, 5.41) is 0. The summed E-state index contributed by atoms with van der Waals surface area (Å²) in [4.78, 5) is 0. The number of halogens is 1. The molecule has 0 heterocycles. The molecule has 0 bridgehead atoms. The first-order valence-corrected chi connectivity index (χ1v) is 2.88. The zero-order chi connectivity index (χ0) is 7.49. The predicted octanol–water partition coefficient (Wildman–Crippen LogP) is 1.09. The Morgan fingerprint density at radius 3 is 2.44 bits per heavy atom. The molecule has 2 heteroatoms. The molecule has 0 aliphatic rings. The van der Waals surface area contributed by atoms with E-state index in [2.05, 4.69) is 5.92 Å². The Labute approximate surface area is 55.4 Å². The lowest BCUT2D eigenvalue weighted by molar-refractivity contribution is 0.163. The van der Waals surface area contributed by atoms with E-state index in [1.165, 1.54) is 6.92 Å². The molecule has 0 rings (SSSR count). The van der Waals surface area contributed by atoms with Gasteiger partial charge in [-0.15, -0.1) is 12.3 Å². The smallest absolute Gasteiger partial charge is 0.133 e. The molecule has 2 atom stereocenters. The summed E-state index contributed by atoms with van der Waals surface area (Å²) in [6.07, 6.45) is 4.99. The Kier molecular flexibility index (Phi) is 2.66. The molecule has 0 aromatic rings. The van der Waals surface area contributed by atoms with Crippen LogP contribution in [0.1, 0.15) is 20.3 Å². The highest BCUT2D eigenvalue weighted by Crippen LogP contribution is 2.17. The topological polar surface area (TPSA) is 26.0 Å². The summed E-state index contributed by atoms with van der Waals surface area (Å²) in [5.41, 5.74) is 3.88. The first-order chi connectivity index (χ1) is 4.00. The van der Waals surface area contributed by atoms with Crippen molar-refractivity contribution in [3.05, 3.63) is 0 Å². The minimum absolute atomic E-state index is 0.0880. The van der Waals surface area contributed by atoms with Crippen molar-refractivity contribution in [3.8, 4) is 12.3 Å². The van der Waals surface area contributed by atoms with E-state index in [1.807, 2.05) is 0 Å². The lowest BCUT2D eigenvalue weighted by Gasteiger charge is -2.21. The molecule has 2 unspecified atom stereocenters. The van der Waals surface area contributed by atoms with E-state index in [9.17, 15) is 4.39 Å². The van der Waals surface area contributed by atoms with Crippen LogP contribution < -0.4 is 5.73 Å². The van der Waals surface area contributed by atoms with Gasteiger partial charge in [-0.05, 0) is 13.8 Å². The van der Waals surface area contributed by atoms with E-state index < -0.39 is 11.7 Å². The van der Waals surface area contributed by atoms with Crippen LogP contribution in [-0.4, -0.2) is 11.7 Å². The van der Waals surface area contributed by atoms with Gasteiger partial charge in [0.05, 0.1) is 0 Å². The molecule has 0 fully saturated rings. The SMILES string of the molecule is C#CCC(C)(F)C(C)N. The van der Waals surface area contributed by atoms with Gasteiger partial charge >= 0.3 is 0 Å². The second-order valence-corrected chi connectivity index (χ2v) is 2.45. The van der Waals surface area contributed by atoms with Crippen molar-refractivity contribution in [1.29, 1.82) is 0 Å². The molecule has 0 aromatic carbocycles. The van der Waals surface area contributed by atoms with Gasteiger partial charge in [0.15, 0.2) is 0 Å². The summed E-state index contributed by atoms with van der Waals surface area (Å²) >= 11 is 0. The summed E-state index contributed by atoms with van der Waals surface area (Å²) < 4.78 is 12.9. The zero-order valence-electron chi connectivity index (χ0n) is 5.82. The first-order valence-electron chi connectivity index (χ1n) is 2.88. The molecule has 0 radical (unpaired) electrons. The zero-order valence-corrected chi connectivity index (χ0v) is 5.82. The summed E-state index contributed by atoms with van der Waals surface area (Å²) in [5.74, 6) is 2.23. The third-order valence-electron chi connectivity index (χ3n) is 1.40. The van der Waals surface area contributed by atoms with Crippen molar-refractivity contribution < 1.29 is 4.39 Å². The lowest BCUT2D eigenvalue weighted by atomic mass is 9.98. The van der Waals surface area contributed by atoms with Crippen molar-refractivity contribution in [2.45, 2.75) is 32.0 Å². The van der Waals surface area contributed by atoms with Gasteiger partial charge in [-0.3, -0.25) is 0 Å². The maximum atomic E-state index is 12.9. The molecular weight excluding hydrogens is 117 g/mol. The van der Waals surface area contributed by atoms with Crippen LogP contribution in [0.25, 0.3) is 0 Å². The second-order valence-electron chi connectivity index (χ2n) is 2.45. The molecule has 0 aliphatic carbocycles. The number of nitrogens with two attached hydrogens (primary N) is 1. The highest BCUT2D eigenvalue weighted by atomic mass is 19.1. The van der Waals surface area contributed by atoms with E-state index >= 15 is 0 Å². The Hall–Kier alpha value is -0.550. The van der Waals surface area contributed by atoms with Gasteiger partial charge in [-0.2, -0.15) is 0 Å². The van der Waals surface area contributed by atoms with Crippen molar-refractivity contribution in [1.82, 2.24) is 0 Å². The number of terminal acetylenes is 1. The highest BCUT2D eigenvalue weighted by molar-refractivity contribution is 4.96. The molecule has 0 amide bonds. The third-order valence-corrected chi connectivity index (χ3v) is 1.40. The third kappa shape index (κ3) is 2.48. The summed E-state index contributed by atoms with van der Waals surface area (Å²) in [6, 6.07) is -0.492. The monoisotopic (exact) mass is 129 g/mol. The van der Waals surface area contributed by atoms with Crippen molar-refractivity contribution in [3.63, 3.8) is 0 Å². The van der Waals surface area contributed by atoms with Crippen molar-refractivity contribution >= 4 is 0 Å². The summed E-state index contributed by atoms with van der Waals surface area (Å²) in [6.45, 7) is 3.02. The Morgan fingerprint density at radius 2 is 2.33 bits per heavy atom. The van der Waals surface area contributed by atoms with Crippen LogP contribution in [0.5, 0.6) is 0 Å². The molecule has 1 nitrogen and oxygen atoms in total. The maximum Gasteiger partial charge on any atom is 0.133 e. The largest absolute Gasteiger partial charge is 0.325 e. The molecule has 0 aliphatic heterocycles. The number of hydrogen-bond donors (Lipinski definition) is 1. The van der Waals surface area contributed by atoms with Gasteiger partial charge in [0, 0.05) is 12.5 Å². The second kappa shape index (κ2) is 2.84. The van der Waals surface area contributed by atoms with Gasteiger partial charge in [0.1, 0.15) is 5.67 Å². The van der Waals surface area contributed by atoms with Crippen LogP contribution in [0, 0.1) is 12.3 Å². The van der Waals surface area contributed by atoms with Gasteiger partial charge in [-0.1, -0.05) is 0 Å². The van der Waals surface area contributed by atoms with Gasteiger partial charge < -0.3 is 5.73 Å². The molecule has 0 saturated carbocycles. The molecule has 0 saturated heterocycles. The Balaban J connectivity index is 3.89. The van der Waals surface area contributed by atoms with Gasteiger partial charge in [0.2, 0.25) is 0 Å². The van der Waals surface area contributed by atoms with Crippen LogP contribution in [-0.2, 0) is 0 Å². The van der Waals surface area contributed by atoms with Crippen LogP contribution >= 0.6 is 0 Å². The van der Waals surface area contributed by atoms with E-state index in [0.717, 1.165) is 0 Å². The van der Waals surface area contributed by atoms with Gasteiger partial charge in [0.25, 0.3) is 0 Å². The average molecular weight is 129 g/mol. The van der Waals surface area contributed by atoms with Crippen molar-refractivity contribution in [2.24, 2.45) is 5.73 Å². The normalized spacial score (nSPS) is 19.9. The molecule has 0 aromatic heterocycles. The van der Waals surface area contributed by atoms with Crippen LogP contribution in [0.4, 0.5) is 4.39 Å². The number of rotatable bonds is 2. The van der Waals surface area contributed by atoms with Crippen LogP contribution in [0.15, 0.2) is 0 Å². The molecule has 2 N–H and O–H groups in total. The first kappa shape index (κ1) is 8.45. The van der Waals surface area contributed by atoms with E-state index in [0.29, 0.717) is 0 Å². The quantitative estimate of drug-likeness (QED) is 0.555. The lowest BCUT2D eigenvalue weighted by Crippen LogP contribution is -2.38. The fourth-order valence-electron chi connectivity index (χ4n) is 0.361. The highest BCUT2D eigenvalue weighted by Gasteiger charge is 2.26. The predicted molar refractivity (Wildman–Crippen MR) is 36.6 cm³/mol.